The Morgan fingerprint density at radius 2 is 2.14 bits per heavy atom. The lowest BCUT2D eigenvalue weighted by Gasteiger charge is -2.28. The number of hydrogen-bond donors (Lipinski definition) is 2. The molecule has 0 radical (unpaired) electrons. The zero-order valence-electron chi connectivity index (χ0n) is 11.3. The number of thiophene rings is 1. The largest absolute Gasteiger partial charge is 0.334 e. The standard InChI is InChI=1S/C15H15N3O2S/c16-17-14(19)13-11(6-8-21-13)9-18-7-5-10-3-1-2-4-12(10)15(18)20/h1-4,6,8H,5,7,9,16H2,(H,17,19). The van der Waals surface area contributed by atoms with Gasteiger partial charge in [-0.1, -0.05) is 18.2 Å². The van der Waals surface area contributed by atoms with E-state index in [1.807, 2.05) is 35.7 Å². The quantitative estimate of drug-likeness (QED) is 0.513. The highest BCUT2D eigenvalue weighted by atomic mass is 32.1. The molecule has 0 spiro atoms. The van der Waals surface area contributed by atoms with Crippen molar-refractivity contribution in [3.05, 3.63) is 57.3 Å². The zero-order chi connectivity index (χ0) is 14.8. The Labute approximate surface area is 126 Å². The number of hydrazine groups is 1. The topological polar surface area (TPSA) is 75.4 Å². The molecule has 0 atom stereocenters. The number of fused-ring (bicyclic) bond motifs is 1. The fourth-order valence-electron chi connectivity index (χ4n) is 2.56. The number of nitrogens with one attached hydrogen (secondary N) is 1. The van der Waals surface area contributed by atoms with E-state index in [1.165, 1.54) is 11.3 Å². The summed E-state index contributed by atoms with van der Waals surface area (Å²) in [6.45, 7) is 1.09. The first kappa shape index (κ1) is 13.8. The van der Waals surface area contributed by atoms with Crippen LogP contribution in [0, 0.1) is 0 Å². The minimum absolute atomic E-state index is 0.0159. The number of carbonyl (C=O) groups is 2. The number of hydrogen-bond acceptors (Lipinski definition) is 4. The van der Waals surface area contributed by atoms with Crippen LogP contribution in [0.3, 0.4) is 0 Å². The molecule has 2 heterocycles. The van der Waals surface area contributed by atoms with Crippen molar-refractivity contribution in [1.29, 1.82) is 0 Å². The van der Waals surface area contributed by atoms with Crippen LogP contribution >= 0.6 is 11.3 Å². The minimum atomic E-state index is -0.315. The summed E-state index contributed by atoms with van der Waals surface area (Å²) in [5.74, 6) is 4.88. The van der Waals surface area contributed by atoms with Crippen LogP contribution in [0.1, 0.15) is 31.2 Å². The van der Waals surface area contributed by atoms with Crippen LogP contribution < -0.4 is 11.3 Å². The van der Waals surface area contributed by atoms with Crippen molar-refractivity contribution >= 4 is 23.2 Å². The van der Waals surface area contributed by atoms with Gasteiger partial charge < -0.3 is 4.90 Å². The normalized spacial score (nSPS) is 14.0. The second kappa shape index (κ2) is 5.67. The third-order valence-corrected chi connectivity index (χ3v) is 4.59. The van der Waals surface area contributed by atoms with Crippen molar-refractivity contribution in [2.45, 2.75) is 13.0 Å². The van der Waals surface area contributed by atoms with Gasteiger partial charge in [0.1, 0.15) is 0 Å². The number of carbonyl (C=O) groups excluding carboxylic acids is 2. The van der Waals surface area contributed by atoms with Gasteiger partial charge in [-0.25, -0.2) is 5.84 Å². The number of nitrogens with two attached hydrogens (primary N) is 1. The van der Waals surface area contributed by atoms with E-state index in [0.717, 1.165) is 23.1 Å². The smallest absolute Gasteiger partial charge is 0.275 e. The van der Waals surface area contributed by atoms with Crippen LogP contribution in [0.15, 0.2) is 35.7 Å². The minimum Gasteiger partial charge on any atom is -0.334 e. The van der Waals surface area contributed by atoms with Crippen molar-refractivity contribution in [3.8, 4) is 0 Å². The molecule has 1 aliphatic heterocycles. The average molecular weight is 301 g/mol. The molecule has 0 fully saturated rings. The van der Waals surface area contributed by atoms with E-state index in [0.29, 0.717) is 18.0 Å². The van der Waals surface area contributed by atoms with Gasteiger partial charge in [0.2, 0.25) is 0 Å². The summed E-state index contributed by atoms with van der Waals surface area (Å²) in [6, 6.07) is 9.53. The molecule has 21 heavy (non-hydrogen) atoms. The SMILES string of the molecule is NNC(=O)c1sccc1CN1CCc2ccccc2C1=O. The zero-order valence-corrected chi connectivity index (χ0v) is 12.2. The number of amides is 2. The van der Waals surface area contributed by atoms with Crippen LogP contribution in [-0.2, 0) is 13.0 Å². The first-order valence-electron chi connectivity index (χ1n) is 6.65. The first-order chi connectivity index (χ1) is 10.2. The fraction of sp³-hybridized carbons (Fsp3) is 0.200. The number of benzene rings is 1. The van der Waals surface area contributed by atoms with E-state index in [2.05, 4.69) is 5.43 Å². The second-order valence-electron chi connectivity index (χ2n) is 4.88. The Morgan fingerprint density at radius 3 is 2.95 bits per heavy atom. The molecule has 0 saturated heterocycles. The Hall–Kier alpha value is -2.18. The Morgan fingerprint density at radius 1 is 1.33 bits per heavy atom. The van der Waals surface area contributed by atoms with Gasteiger partial charge in [-0.3, -0.25) is 15.0 Å². The van der Waals surface area contributed by atoms with Crippen LogP contribution in [0.25, 0.3) is 0 Å². The molecule has 0 aliphatic carbocycles. The van der Waals surface area contributed by atoms with Crippen LogP contribution in [0.2, 0.25) is 0 Å². The molecule has 2 amide bonds. The summed E-state index contributed by atoms with van der Waals surface area (Å²) in [5.41, 5.74) is 4.81. The van der Waals surface area contributed by atoms with Crippen molar-refractivity contribution in [1.82, 2.24) is 10.3 Å². The van der Waals surface area contributed by atoms with Gasteiger partial charge in [0.25, 0.3) is 11.8 Å². The highest BCUT2D eigenvalue weighted by Gasteiger charge is 2.25. The van der Waals surface area contributed by atoms with Gasteiger partial charge in [-0.15, -0.1) is 11.3 Å². The Kier molecular flexibility index (Phi) is 3.72. The van der Waals surface area contributed by atoms with Gasteiger partial charge >= 0.3 is 0 Å². The molecular weight excluding hydrogens is 286 g/mol. The third kappa shape index (κ3) is 2.55. The van der Waals surface area contributed by atoms with Gasteiger partial charge in [0.05, 0.1) is 4.88 Å². The predicted octanol–water partition coefficient (Wildman–Crippen LogP) is 1.55. The summed E-state index contributed by atoms with van der Waals surface area (Å²) in [6.07, 6.45) is 0.838. The molecule has 1 aromatic heterocycles. The van der Waals surface area contributed by atoms with E-state index in [9.17, 15) is 9.59 Å². The number of nitrogen functional groups attached to an aromatic ring is 1. The molecule has 1 aromatic carbocycles. The van der Waals surface area contributed by atoms with Crippen LogP contribution in [0.5, 0.6) is 0 Å². The van der Waals surface area contributed by atoms with E-state index in [1.54, 1.807) is 4.90 Å². The summed E-state index contributed by atoms with van der Waals surface area (Å²) in [5, 5.41) is 1.84. The van der Waals surface area contributed by atoms with Crippen molar-refractivity contribution < 1.29 is 9.59 Å². The lowest BCUT2D eigenvalue weighted by Crippen LogP contribution is -2.37. The van der Waals surface area contributed by atoms with Crippen molar-refractivity contribution in [3.63, 3.8) is 0 Å². The molecule has 0 bridgehead atoms. The summed E-state index contributed by atoms with van der Waals surface area (Å²) < 4.78 is 0. The summed E-state index contributed by atoms with van der Waals surface area (Å²) in [7, 11) is 0. The first-order valence-corrected chi connectivity index (χ1v) is 7.53. The molecule has 2 aromatic rings. The molecule has 3 N–H and O–H groups in total. The van der Waals surface area contributed by atoms with E-state index < -0.39 is 0 Å². The molecule has 3 rings (SSSR count). The Bertz CT molecular complexity index is 696. The van der Waals surface area contributed by atoms with Gasteiger partial charge in [-0.05, 0) is 35.1 Å². The van der Waals surface area contributed by atoms with Gasteiger partial charge in [-0.2, -0.15) is 0 Å². The molecule has 6 heteroatoms. The maximum atomic E-state index is 12.5. The maximum Gasteiger partial charge on any atom is 0.275 e. The third-order valence-electron chi connectivity index (χ3n) is 3.63. The lowest BCUT2D eigenvalue weighted by molar-refractivity contribution is 0.0725. The van der Waals surface area contributed by atoms with E-state index >= 15 is 0 Å². The van der Waals surface area contributed by atoms with E-state index in [-0.39, 0.29) is 11.8 Å². The second-order valence-corrected chi connectivity index (χ2v) is 5.80. The van der Waals surface area contributed by atoms with Crippen molar-refractivity contribution in [2.75, 3.05) is 6.54 Å². The molecule has 5 nitrogen and oxygen atoms in total. The molecule has 0 saturated carbocycles. The fourth-order valence-corrected chi connectivity index (χ4v) is 3.37. The number of nitrogens with zero attached hydrogens (tertiary/aromatic N) is 1. The highest BCUT2D eigenvalue weighted by molar-refractivity contribution is 7.12. The van der Waals surface area contributed by atoms with E-state index in [4.69, 9.17) is 5.84 Å². The summed E-state index contributed by atoms with van der Waals surface area (Å²) >= 11 is 1.33. The average Bonchev–Trinajstić information content (AvgIpc) is 2.98. The van der Waals surface area contributed by atoms with Gasteiger partial charge in [0, 0.05) is 18.7 Å². The molecule has 0 unspecified atom stereocenters. The van der Waals surface area contributed by atoms with Crippen LogP contribution in [-0.4, -0.2) is 23.3 Å². The van der Waals surface area contributed by atoms with Crippen LogP contribution in [0.4, 0.5) is 0 Å². The predicted molar refractivity (Wildman–Crippen MR) is 80.9 cm³/mol. The maximum absolute atomic E-state index is 12.5. The van der Waals surface area contributed by atoms with Gasteiger partial charge in [0.15, 0.2) is 0 Å². The van der Waals surface area contributed by atoms with Crippen molar-refractivity contribution in [2.24, 2.45) is 5.84 Å². The lowest BCUT2D eigenvalue weighted by atomic mass is 9.99. The summed E-state index contributed by atoms with van der Waals surface area (Å²) in [4.78, 5) is 26.5. The molecule has 108 valence electrons. The molecule has 1 aliphatic rings. The Balaban J connectivity index is 1.83. The monoisotopic (exact) mass is 301 g/mol. The highest BCUT2D eigenvalue weighted by Crippen LogP contribution is 2.23. The number of rotatable bonds is 3. The molecular formula is C15H15N3O2S.